The molecule has 2 N–H and O–H groups in total. The van der Waals surface area contributed by atoms with E-state index in [4.69, 9.17) is 21.4 Å². The second-order valence-electron chi connectivity index (χ2n) is 4.10. The number of aliphatic hydroxyl groups excluding tert-OH is 1. The first-order valence-corrected chi connectivity index (χ1v) is 6.06. The minimum absolute atomic E-state index is 0.125. The van der Waals surface area contributed by atoms with Crippen LogP contribution in [0.3, 0.4) is 0 Å². The lowest BCUT2D eigenvalue weighted by Gasteiger charge is -2.18. The largest absolute Gasteiger partial charge is 0.496 e. The molecule has 0 aliphatic carbocycles. The van der Waals surface area contributed by atoms with Crippen LogP contribution in [0.4, 0.5) is 0 Å². The van der Waals surface area contributed by atoms with Crippen LogP contribution in [0.2, 0.25) is 5.02 Å². The number of aliphatic hydroxyl groups is 1. The van der Waals surface area contributed by atoms with Crippen molar-refractivity contribution in [1.29, 1.82) is 0 Å². The summed E-state index contributed by atoms with van der Waals surface area (Å²) < 4.78 is 5.46. The van der Waals surface area contributed by atoms with Crippen LogP contribution >= 0.6 is 11.6 Å². The Morgan fingerprint density at radius 2 is 1.82 bits per heavy atom. The fraction of sp³-hybridized carbons (Fsp3) is 0.538. The Morgan fingerprint density at radius 1 is 1.18 bits per heavy atom. The SMILES string of the molecule is COc1c(C)c(C)c(Cl)c(C)c1CNCCO. The highest BCUT2D eigenvalue weighted by atomic mass is 35.5. The fourth-order valence-electron chi connectivity index (χ4n) is 1.93. The number of halogens is 1. The minimum atomic E-state index is 0.125. The average Bonchev–Trinajstić information content (AvgIpc) is 2.33. The van der Waals surface area contributed by atoms with Crippen molar-refractivity contribution in [3.05, 3.63) is 27.3 Å². The average molecular weight is 258 g/mol. The molecule has 3 nitrogen and oxygen atoms in total. The second kappa shape index (κ2) is 6.24. The van der Waals surface area contributed by atoms with Gasteiger partial charge in [0.2, 0.25) is 0 Å². The van der Waals surface area contributed by atoms with E-state index in [2.05, 4.69) is 5.32 Å². The highest BCUT2D eigenvalue weighted by molar-refractivity contribution is 6.32. The van der Waals surface area contributed by atoms with Gasteiger partial charge in [0.15, 0.2) is 0 Å². The van der Waals surface area contributed by atoms with E-state index in [0.717, 1.165) is 33.0 Å². The highest BCUT2D eigenvalue weighted by Crippen LogP contribution is 2.35. The fourth-order valence-corrected chi connectivity index (χ4v) is 2.18. The zero-order valence-corrected chi connectivity index (χ0v) is 11.6. The second-order valence-corrected chi connectivity index (χ2v) is 4.48. The topological polar surface area (TPSA) is 41.5 Å². The molecule has 0 fully saturated rings. The van der Waals surface area contributed by atoms with Crippen LogP contribution in [0.15, 0.2) is 0 Å². The third-order valence-electron chi connectivity index (χ3n) is 3.08. The van der Waals surface area contributed by atoms with E-state index in [1.54, 1.807) is 7.11 Å². The summed E-state index contributed by atoms with van der Waals surface area (Å²) in [4.78, 5) is 0. The van der Waals surface area contributed by atoms with Crippen molar-refractivity contribution < 1.29 is 9.84 Å². The number of benzene rings is 1. The van der Waals surface area contributed by atoms with Crippen LogP contribution in [0.5, 0.6) is 5.75 Å². The Labute approximate surface area is 108 Å². The molecule has 0 radical (unpaired) electrons. The van der Waals surface area contributed by atoms with Gasteiger partial charge in [-0.1, -0.05) is 11.6 Å². The van der Waals surface area contributed by atoms with Crippen LogP contribution in [0.1, 0.15) is 22.3 Å². The molecule has 0 bridgehead atoms. The van der Waals surface area contributed by atoms with Gasteiger partial charge < -0.3 is 15.2 Å². The molecule has 0 aliphatic heterocycles. The lowest BCUT2D eigenvalue weighted by molar-refractivity contribution is 0.291. The molecule has 1 aromatic rings. The quantitative estimate of drug-likeness (QED) is 0.796. The highest BCUT2D eigenvalue weighted by Gasteiger charge is 2.16. The molecule has 0 unspecified atom stereocenters. The smallest absolute Gasteiger partial charge is 0.126 e. The van der Waals surface area contributed by atoms with Gasteiger partial charge in [0.1, 0.15) is 5.75 Å². The minimum Gasteiger partial charge on any atom is -0.496 e. The summed E-state index contributed by atoms with van der Waals surface area (Å²) in [5, 5.41) is 12.7. The Bertz CT molecular complexity index is 405. The zero-order chi connectivity index (χ0) is 13.0. The van der Waals surface area contributed by atoms with Gasteiger partial charge >= 0.3 is 0 Å². The summed E-state index contributed by atoms with van der Waals surface area (Å²) in [6, 6.07) is 0. The van der Waals surface area contributed by atoms with Crippen molar-refractivity contribution in [2.75, 3.05) is 20.3 Å². The van der Waals surface area contributed by atoms with Gasteiger partial charge in [0, 0.05) is 23.7 Å². The van der Waals surface area contributed by atoms with E-state index in [0.29, 0.717) is 13.1 Å². The van der Waals surface area contributed by atoms with Gasteiger partial charge in [-0.2, -0.15) is 0 Å². The maximum absolute atomic E-state index is 8.77. The van der Waals surface area contributed by atoms with Gasteiger partial charge in [-0.25, -0.2) is 0 Å². The summed E-state index contributed by atoms with van der Waals surface area (Å²) in [5.74, 6) is 0.884. The molecule has 17 heavy (non-hydrogen) atoms. The standard InChI is InChI=1S/C13H20ClNO2/c1-8-9(2)13(17-4)11(7-15-5-6-16)10(3)12(8)14/h15-16H,5-7H2,1-4H3. The van der Waals surface area contributed by atoms with Crippen molar-refractivity contribution in [2.24, 2.45) is 0 Å². The van der Waals surface area contributed by atoms with Crippen LogP contribution < -0.4 is 10.1 Å². The van der Waals surface area contributed by atoms with Gasteiger partial charge in [-0.3, -0.25) is 0 Å². The molecular weight excluding hydrogens is 238 g/mol. The Balaban J connectivity index is 3.17. The first-order valence-electron chi connectivity index (χ1n) is 5.68. The molecule has 0 amide bonds. The number of methoxy groups -OCH3 is 1. The monoisotopic (exact) mass is 257 g/mol. The van der Waals surface area contributed by atoms with Gasteiger partial charge in [-0.15, -0.1) is 0 Å². The molecule has 0 saturated heterocycles. The third kappa shape index (κ3) is 2.92. The number of hydrogen-bond acceptors (Lipinski definition) is 3. The molecule has 0 aliphatic rings. The number of ether oxygens (including phenoxy) is 1. The molecule has 96 valence electrons. The Kier molecular flexibility index (Phi) is 5.25. The first-order chi connectivity index (χ1) is 8.04. The predicted molar refractivity (Wildman–Crippen MR) is 71.0 cm³/mol. The van der Waals surface area contributed by atoms with E-state index >= 15 is 0 Å². The lowest BCUT2D eigenvalue weighted by Crippen LogP contribution is -2.19. The van der Waals surface area contributed by atoms with Crippen LogP contribution in [-0.2, 0) is 6.54 Å². The molecule has 0 aromatic heterocycles. The molecule has 4 heteroatoms. The molecule has 0 spiro atoms. The lowest BCUT2D eigenvalue weighted by atomic mass is 9.98. The van der Waals surface area contributed by atoms with E-state index in [1.807, 2.05) is 20.8 Å². The van der Waals surface area contributed by atoms with Crippen LogP contribution in [-0.4, -0.2) is 25.4 Å². The third-order valence-corrected chi connectivity index (χ3v) is 3.65. The molecule has 1 aromatic carbocycles. The maximum Gasteiger partial charge on any atom is 0.126 e. The predicted octanol–water partition coefficient (Wildman–Crippen LogP) is 2.36. The van der Waals surface area contributed by atoms with Gasteiger partial charge in [0.05, 0.1) is 13.7 Å². The van der Waals surface area contributed by atoms with Crippen molar-refractivity contribution >= 4 is 11.6 Å². The van der Waals surface area contributed by atoms with E-state index < -0.39 is 0 Å². The van der Waals surface area contributed by atoms with Gasteiger partial charge in [-0.05, 0) is 37.5 Å². The first kappa shape index (κ1) is 14.3. The number of hydrogen-bond donors (Lipinski definition) is 2. The van der Waals surface area contributed by atoms with Crippen LogP contribution in [0, 0.1) is 20.8 Å². The normalized spacial score (nSPS) is 10.7. The van der Waals surface area contributed by atoms with Crippen molar-refractivity contribution in [1.82, 2.24) is 5.32 Å². The molecule has 0 heterocycles. The summed E-state index contributed by atoms with van der Waals surface area (Å²) in [6.45, 7) is 7.34. The van der Waals surface area contributed by atoms with Crippen molar-refractivity contribution in [2.45, 2.75) is 27.3 Å². The molecular formula is C13H20ClNO2. The van der Waals surface area contributed by atoms with E-state index in [9.17, 15) is 0 Å². The van der Waals surface area contributed by atoms with Crippen molar-refractivity contribution in [3.63, 3.8) is 0 Å². The van der Waals surface area contributed by atoms with Crippen molar-refractivity contribution in [3.8, 4) is 5.75 Å². The maximum atomic E-state index is 8.77. The van der Waals surface area contributed by atoms with E-state index in [1.165, 1.54) is 0 Å². The Morgan fingerprint density at radius 3 is 2.35 bits per heavy atom. The summed E-state index contributed by atoms with van der Waals surface area (Å²) in [6.07, 6.45) is 0. The number of rotatable bonds is 5. The van der Waals surface area contributed by atoms with Crippen LogP contribution in [0.25, 0.3) is 0 Å². The van der Waals surface area contributed by atoms with Gasteiger partial charge in [0.25, 0.3) is 0 Å². The van der Waals surface area contributed by atoms with E-state index in [-0.39, 0.29) is 6.61 Å². The number of nitrogens with one attached hydrogen (secondary N) is 1. The molecule has 1 rings (SSSR count). The Hall–Kier alpha value is -0.770. The summed E-state index contributed by atoms with van der Waals surface area (Å²) >= 11 is 6.30. The summed E-state index contributed by atoms with van der Waals surface area (Å²) in [5.41, 5.74) is 4.24. The summed E-state index contributed by atoms with van der Waals surface area (Å²) in [7, 11) is 1.67. The zero-order valence-electron chi connectivity index (χ0n) is 10.9. The molecule has 0 saturated carbocycles. The molecule has 0 atom stereocenters.